The van der Waals surface area contributed by atoms with Crippen molar-refractivity contribution < 1.29 is 4.92 Å². The van der Waals surface area contributed by atoms with E-state index in [-0.39, 0.29) is 10.6 Å². The van der Waals surface area contributed by atoms with Crippen molar-refractivity contribution in [3.05, 3.63) is 39.9 Å². The van der Waals surface area contributed by atoms with Crippen molar-refractivity contribution in [2.24, 2.45) is 0 Å². The molecule has 0 amide bonds. The number of nitrogens with one attached hydrogen (secondary N) is 1. The number of hydrogen-bond donors (Lipinski definition) is 1. The van der Waals surface area contributed by atoms with Crippen LogP contribution in [0.1, 0.15) is 38.2 Å². The van der Waals surface area contributed by atoms with E-state index in [1.807, 2.05) is 6.07 Å². The van der Waals surface area contributed by atoms with E-state index >= 15 is 0 Å². The molecule has 2 aliphatic heterocycles. The molecule has 1 aromatic carbocycles. The minimum Gasteiger partial charge on any atom is -0.314 e. The third-order valence-electron chi connectivity index (χ3n) is 4.86. The first-order valence-electron chi connectivity index (χ1n) is 7.90. The number of piperidine rings is 1. The fraction of sp³-hybridized carbons (Fsp3) is 0.625. The van der Waals surface area contributed by atoms with Crippen LogP contribution in [-0.2, 0) is 6.54 Å². The van der Waals surface area contributed by atoms with E-state index in [9.17, 15) is 10.1 Å². The van der Waals surface area contributed by atoms with Crippen LogP contribution >= 0.6 is 0 Å². The van der Waals surface area contributed by atoms with Gasteiger partial charge < -0.3 is 5.32 Å². The highest BCUT2D eigenvalue weighted by atomic mass is 16.6. The van der Waals surface area contributed by atoms with Crippen molar-refractivity contribution in [1.29, 1.82) is 0 Å². The maximum Gasteiger partial charge on any atom is 0.269 e. The summed E-state index contributed by atoms with van der Waals surface area (Å²) < 4.78 is 0. The van der Waals surface area contributed by atoms with Gasteiger partial charge in [0.15, 0.2) is 0 Å². The Labute approximate surface area is 125 Å². The summed E-state index contributed by atoms with van der Waals surface area (Å²) in [5, 5.41) is 14.5. The summed E-state index contributed by atoms with van der Waals surface area (Å²) in [6.45, 7) is 4.04. The summed E-state index contributed by atoms with van der Waals surface area (Å²) in [7, 11) is 0. The Balaban J connectivity index is 1.69. The maximum absolute atomic E-state index is 10.9. The lowest BCUT2D eigenvalue weighted by Crippen LogP contribution is -2.48. The topological polar surface area (TPSA) is 58.4 Å². The largest absolute Gasteiger partial charge is 0.314 e. The molecule has 114 valence electrons. The van der Waals surface area contributed by atoms with Crippen LogP contribution in [0, 0.1) is 10.1 Å². The average Bonchev–Trinajstić information content (AvgIpc) is 2.71. The lowest BCUT2D eigenvalue weighted by atomic mass is 9.96. The van der Waals surface area contributed by atoms with Crippen molar-refractivity contribution >= 4 is 5.69 Å². The number of nitro groups is 1. The fourth-order valence-electron chi connectivity index (χ4n) is 3.97. The van der Waals surface area contributed by atoms with Gasteiger partial charge in [-0.25, -0.2) is 0 Å². The molecular weight excluding hydrogens is 266 g/mol. The highest BCUT2D eigenvalue weighted by Gasteiger charge is 2.40. The highest BCUT2D eigenvalue weighted by molar-refractivity contribution is 5.34. The van der Waals surface area contributed by atoms with Gasteiger partial charge in [-0.15, -0.1) is 0 Å². The normalized spacial score (nSPS) is 28.7. The van der Waals surface area contributed by atoms with Gasteiger partial charge in [0.1, 0.15) is 0 Å². The van der Waals surface area contributed by atoms with Crippen LogP contribution in [0.5, 0.6) is 0 Å². The lowest BCUT2D eigenvalue weighted by molar-refractivity contribution is -0.384. The molecule has 2 heterocycles. The molecule has 2 fully saturated rings. The van der Waals surface area contributed by atoms with Gasteiger partial charge in [0.2, 0.25) is 0 Å². The van der Waals surface area contributed by atoms with Gasteiger partial charge in [0.05, 0.1) is 4.92 Å². The van der Waals surface area contributed by atoms with Gasteiger partial charge in [-0.2, -0.15) is 0 Å². The molecule has 2 saturated heterocycles. The first-order chi connectivity index (χ1) is 10.2. The number of nitrogens with zero attached hydrogens (tertiary/aromatic N) is 2. The lowest BCUT2D eigenvalue weighted by Gasteiger charge is -2.39. The first-order valence-corrected chi connectivity index (χ1v) is 7.90. The van der Waals surface area contributed by atoms with E-state index in [1.54, 1.807) is 18.2 Å². The second-order valence-electron chi connectivity index (χ2n) is 6.21. The molecule has 0 aromatic heterocycles. The monoisotopic (exact) mass is 289 g/mol. The fourth-order valence-corrected chi connectivity index (χ4v) is 3.97. The van der Waals surface area contributed by atoms with E-state index in [4.69, 9.17) is 0 Å². The molecule has 0 aliphatic carbocycles. The van der Waals surface area contributed by atoms with Gasteiger partial charge in [-0.05, 0) is 37.8 Å². The molecule has 0 saturated carbocycles. The second kappa shape index (κ2) is 6.12. The molecule has 0 radical (unpaired) electrons. The summed E-state index contributed by atoms with van der Waals surface area (Å²) in [6, 6.07) is 8.99. The Hall–Kier alpha value is -1.46. The van der Waals surface area contributed by atoms with E-state index in [0.29, 0.717) is 18.1 Å². The van der Waals surface area contributed by atoms with Crippen molar-refractivity contribution in [1.82, 2.24) is 10.2 Å². The Morgan fingerprint density at radius 1 is 1.33 bits per heavy atom. The quantitative estimate of drug-likeness (QED) is 0.669. The maximum atomic E-state index is 10.9. The SMILES string of the molecule is CCNC1CC2CCC(C1)N2Cc1cccc([N+](=O)[O-])c1. The number of fused-ring (bicyclic) bond motifs is 2. The number of rotatable bonds is 5. The summed E-state index contributed by atoms with van der Waals surface area (Å²) in [5.74, 6) is 0. The van der Waals surface area contributed by atoms with Crippen LogP contribution < -0.4 is 5.32 Å². The van der Waals surface area contributed by atoms with Gasteiger partial charge >= 0.3 is 0 Å². The van der Waals surface area contributed by atoms with Crippen molar-refractivity contribution in [2.75, 3.05) is 6.54 Å². The zero-order valence-corrected chi connectivity index (χ0v) is 12.5. The van der Waals surface area contributed by atoms with Gasteiger partial charge in [-0.1, -0.05) is 19.1 Å². The Bertz CT molecular complexity index is 506. The third kappa shape index (κ3) is 3.09. The van der Waals surface area contributed by atoms with Crippen molar-refractivity contribution in [3.63, 3.8) is 0 Å². The molecular formula is C16H23N3O2. The van der Waals surface area contributed by atoms with Crippen LogP contribution in [0.2, 0.25) is 0 Å². The molecule has 2 atom stereocenters. The van der Waals surface area contributed by atoms with E-state index in [0.717, 1.165) is 18.7 Å². The molecule has 0 spiro atoms. The predicted molar refractivity (Wildman–Crippen MR) is 82.1 cm³/mol. The molecule has 2 aliphatic rings. The number of nitro benzene ring substituents is 1. The van der Waals surface area contributed by atoms with E-state index < -0.39 is 0 Å². The molecule has 2 unspecified atom stereocenters. The standard InChI is InChI=1S/C16H23N3O2/c1-2-17-13-9-14-6-7-15(10-13)18(14)11-12-4-3-5-16(8-12)19(20)21/h3-5,8,13-15,17H,2,6-7,9-11H2,1H3. The highest BCUT2D eigenvalue weighted by Crippen LogP contribution is 2.37. The smallest absolute Gasteiger partial charge is 0.269 e. The molecule has 3 rings (SSSR count). The summed E-state index contributed by atoms with van der Waals surface area (Å²) in [6.07, 6.45) is 4.95. The minimum atomic E-state index is -0.310. The van der Waals surface area contributed by atoms with Crippen molar-refractivity contribution in [2.45, 2.75) is 57.3 Å². The zero-order chi connectivity index (χ0) is 14.8. The minimum absolute atomic E-state index is 0.197. The van der Waals surface area contributed by atoms with Gasteiger partial charge in [0, 0.05) is 36.8 Å². The Kier molecular flexibility index (Phi) is 4.22. The molecule has 21 heavy (non-hydrogen) atoms. The molecule has 1 N–H and O–H groups in total. The van der Waals surface area contributed by atoms with Crippen molar-refractivity contribution in [3.8, 4) is 0 Å². The Morgan fingerprint density at radius 2 is 2.05 bits per heavy atom. The van der Waals surface area contributed by atoms with E-state index in [1.165, 1.54) is 25.7 Å². The average molecular weight is 289 g/mol. The van der Waals surface area contributed by atoms with Crippen LogP contribution in [0.3, 0.4) is 0 Å². The Morgan fingerprint density at radius 3 is 2.67 bits per heavy atom. The summed E-state index contributed by atoms with van der Waals surface area (Å²) >= 11 is 0. The van der Waals surface area contributed by atoms with Crippen LogP contribution in [0.15, 0.2) is 24.3 Å². The third-order valence-corrected chi connectivity index (χ3v) is 4.86. The van der Waals surface area contributed by atoms with Crippen LogP contribution in [0.25, 0.3) is 0 Å². The predicted octanol–water partition coefficient (Wildman–Crippen LogP) is 2.70. The second-order valence-corrected chi connectivity index (χ2v) is 6.21. The number of benzene rings is 1. The molecule has 2 bridgehead atoms. The molecule has 5 heteroatoms. The number of non-ortho nitro benzene ring substituents is 1. The molecule has 5 nitrogen and oxygen atoms in total. The number of hydrogen-bond acceptors (Lipinski definition) is 4. The summed E-state index contributed by atoms with van der Waals surface area (Å²) in [4.78, 5) is 13.1. The van der Waals surface area contributed by atoms with Gasteiger partial charge in [-0.3, -0.25) is 15.0 Å². The molecule has 1 aromatic rings. The zero-order valence-electron chi connectivity index (χ0n) is 12.5. The van der Waals surface area contributed by atoms with E-state index in [2.05, 4.69) is 17.1 Å². The van der Waals surface area contributed by atoms with Crippen LogP contribution in [-0.4, -0.2) is 34.5 Å². The first kappa shape index (κ1) is 14.5. The van der Waals surface area contributed by atoms with Crippen LogP contribution in [0.4, 0.5) is 5.69 Å². The van der Waals surface area contributed by atoms with Gasteiger partial charge in [0.25, 0.3) is 5.69 Å². The summed E-state index contributed by atoms with van der Waals surface area (Å²) in [5.41, 5.74) is 1.25.